The van der Waals surface area contributed by atoms with E-state index in [4.69, 9.17) is 9.47 Å². The lowest BCUT2D eigenvalue weighted by atomic mass is 10.1. The smallest absolute Gasteiger partial charge is 0.275 e. The van der Waals surface area contributed by atoms with Gasteiger partial charge in [0.2, 0.25) is 0 Å². The molecule has 0 saturated heterocycles. The van der Waals surface area contributed by atoms with E-state index < -0.39 is 0 Å². The summed E-state index contributed by atoms with van der Waals surface area (Å²) in [5.41, 5.74) is 1.65. The third-order valence-electron chi connectivity index (χ3n) is 6.02. The number of nitrogens with one attached hydrogen (secondary N) is 1. The number of benzene rings is 2. The molecule has 0 spiro atoms. The van der Waals surface area contributed by atoms with E-state index in [2.05, 4.69) is 18.8 Å². The Morgan fingerprint density at radius 1 is 1.03 bits per heavy atom. The molecular weight excluding hydrogens is 452 g/mol. The van der Waals surface area contributed by atoms with Crippen molar-refractivity contribution in [3.63, 3.8) is 0 Å². The van der Waals surface area contributed by atoms with Crippen molar-refractivity contribution in [2.45, 2.75) is 52.4 Å². The van der Waals surface area contributed by atoms with Crippen molar-refractivity contribution in [1.29, 1.82) is 0 Å². The van der Waals surface area contributed by atoms with Crippen LogP contribution in [-0.2, 0) is 11.2 Å². The van der Waals surface area contributed by atoms with E-state index >= 15 is 0 Å². The van der Waals surface area contributed by atoms with Gasteiger partial charge >= 0.3 is 0 Å². The first-order valence-corrected chi connectivity index (χ1v) is 13.0. The molecule has 2 aromatic carbocycles. The van der Waals surface area contributed by atoms with Crippen molar-refractivity contribution in [2.75, 3.05) is 40.3 Å². The van der Waals surface area contributed by atoms with Gasteiger partial charge in [-0.05, 0) is 43.2 Å². The largest absolute Gasteiger partial charge is 0.483 e. The van der Waals surface area contributed by atoms with E-state index in [9.17, 15) is 9.59 Å². The van der Waals surface area contributed by atoms with E-state index in [1.54, 1.807) is 24.3 Å². The van der Waals surface area contributed by atoms with Gasteiger partial charge in [-0.25, -0.2) is 0 Å². The Kier molecular flexibility index (Phi) is 12.2. The highest BCUT2D eigenvalue weighted by atomic mass is 16.5. The van der Waals surface area contributed by atoms with Gasteiger partial charge in [0.25, 0.3) is 5.91 Å². The van der Waals surface area contributed by atoms with Crippen LogP contribution in [0.25, 0.3) is 0 Å². The molecule has 196 valence electrons. The maximum absolute atomic E-state index is 12.4. The predicted molar refractivity (Wildman–Crippen MR) is 146 cm³/mol. The Hall–Kier alpha value is -3.12. The van der Waals surface area contributed by atoms with Gasteiger partial charge in [-0.3, -0.25) is 9.59 Å². The molecule has 0 unspecified atom stereocenters. The highest BCUT2D eigenvalue weighted by Gasteiger charge is 2.21. The third-order valence-corrected chi connectivity index (χ3v) is 6.02. The van der Waals surface area contributed by atoms with Gasteiger partial charge < -0.3 is 19.3 Å². The van der Waals surface area contributed by atoms with Crippen LogP contribution >= 0.6 is 0 Å². The van der Waals surface area contributed by atoms with Gasteiger partial charge in [-0.15, -0.1) is 6.58 Å². The molecule has 0 radical (unpaired) electrons. The number of carbonyl (C=O) groups is 2. The number of unbranched alkanes of at least 4 members (excludes halogenated alkanes) is 3. The van der Waals surface area contributed by atoms with Gasteiger partial charge in [-0.1, -0.05) is 51.3 Å². The molecule has 0 bridgehead atoms. The number of rotatable bonds is 17. The number of Topliss-reactive ketones (excluding diaryl/α,β-unsaturated/α-hetero) is 1. The van der Waals surface area contributed by atoms with Crippen molar-refractivity contribution in [2.24, 2.45) is 0 Å². The van der Waals surface area contributed by atoms with Crippen LogP contribution in [0.15, 0.2) is 55.1 Å². The van der Waals surface area contributed by atoms with Crippen LogP contribution in [0.4, 0.5) is 0 Å². The molecule has 0 aromatic heterocycles. The summed E-state index contributed by atoms with van der Waals surface area (Å²) in [7, 11) is 4.07. The number of hydrogen-bond acceptors (Lipinski definition) is 4. The number of ketones is 1. The summed E-state index contributed by atoms with van der Waals surface area (Å²) in [6.45, 7) is 10.1. The van der Waals surface area contributed by atoms with Crippen LogP contribution in [0, 0.1) is 0 Å². The molecule has 0 heterocycles. The molecule has 0 fully saturated rings. The van der Waals surface area contributed by atoms with Gasteiger partial charge in [0, 0.05) is 24.1 Å². The Balaban J connectivity index is 2.00. The zero-order valence-electron chi connectivity index (χ0n) is 22.5. The maximum atomic E-state index is 12.4. The fraction of sp³-hybridized carbons (Fsp3) is 0.467. The maximum Gasteiger partial charge on any atom is 0.275 e. The molecule has 6 heteroatoms. The Morgan fingerprint density at radius 3 is 2.44 bits per heavy atom. The second-order valence-electron chi connectivity index (χ2n) is 9.72. The van der Waals surface area contributed by atoms with E-state index in [0.29, 0.717) is 59.8 Å². The topological polar surface area (TPSA) is 64.6 Å². The van der Waals surface area contributed by atoms with Crippen molar-refractivity contribution >= 4 is 11.7 Å². The number of allylic oxidation sites excluding steroid dienone is 1. The minimum Gasteiger partial charge on any atom is -0.483 e. The van der Waals surface area contributed by atoms with Gasteiger partial charge in [-0.2, -0.15) is 0 Å². The minimum absolute atomic E-state index is 0.0672. The highest BCUT2D eigenvalue weighted by Crippen LogP contribution is 2.35. The van der Waals surface area contributed by atoms with Crippen molar-refractivity contribution in [1.82, 2.24) is 5.32 Å². The second-order valence-corrected chi connectivity index (χ2v) is 9.72. The molecule has 2 rings (SSSR count). The highest BCUT2D eigenvalue weighted by molar-refractivity contribution is 5.95. The number of quaternary nitrogens is 1. The second kappa shape index (κ2) is 15.1. The molecular formula is C30H43N2O4+. The monoisotopic (exact) mass is 495 g/mol. The Bertz CT molecular complexity index is 983. The van der Waals surface area contributed by atoms with Crippen molar-refractivity contribution in [3.8, 4) is 17.2 Å². The molecule has 36 heavy (non-hydrogen) atoms. The Morgan fingerprint density at radius 2 is 1.78 bits per heavy atom. The van der Waals surface area contributed by atoms with Crippen molar-refractivity contribution < 1.29 is 23.5 Å². The summed E-state index contributed by atoms with van der Waals surface area (Å²) in [5.74, 6) is 2.09. The number of ether oxygens (including phenoxy) is 2. The molecule has 1 N–H and O–H groups in total. The summed E-state index contributed by atoms with van der Waals surface area (Å²) < 4.78 is 12.9. The average Bonchev–Trinajstić information content (AvgIpc) is 2.85. The number of amides is 1. The average molecular weight is 496 g/mol. The fourth-order valence-corrected chi connectivity index (χ4v) is 3.86. The van der Waals surface area contributed by atoms with Crippen LogP contribution in [-0.4, -0.2) is 56.5 Å². The minimum atomic E-state index is 0.0672. The van der Waals surface area contributed by atoms with Crippen LogP contribution in [0.3, 0.4) is 0 Å². The number of para-hydroxylation sites is 1. The molecule has 1 amide bonds. The predicted octanol–water partition coefficient (Wildman–Crippen LogP) is 5.95. The van der Waals surface area contributed by atoms with Crippen LogP contribution in [0.5, 0.6) is 17.2 Å². The molecule has 2 aromatic rings. The Labute approximate surface area is 216 Å². The van der Waals surface area contributed by atoms with E-state index in [1.807, 2.05) is 45.3 Å². The molecule has 0 aliphatic heterocycles. The lowest BCUT2D eigenvalue weighted by molar-refractivity contribution is -0.882. The number of likely N-dealkylation sites (N-methyl/N-ethyl adjacent to an activating group) is 1. The van der Waals surface area contributed by atoms with Gasteiger partial charge in [0.05, 0.1) is 14.1 Å². The standard InChI is InChI=1S/C30H42N2O4/c1-6-9-10-11-20-31-29(34)23-32(4,5)21-22-35-30-25(13-7-2)14-12-15-28(30)36-26-18-16-24(17-19-26)27(33)8-3/h7,12,14-19H,2,6,8-11,13,20-23H2,1,3-5H3/p+1. The van der Waals surface area contributed by atoms with Crippen LogP contribution < -0.4 is 14.8 Å². The van der Waals surface area contributed by atoms with Gasteiger partial charge in [0.1, 0.15) is 18.9 Å². The lowest BCUT2D eigenvalue weighted by Gasteiger charge is -2.29. The quantitative estimate of drug-likeness (QED) is 0.127. The molecule has 0 aliphatic rings. The van der Waals surface area contributed by atoms with E-state index in [-0.39, 0.29) is 11.7 Å². The normalized spacial score (nSPS) is 11.1. The summed E-state index contributed by atoms with van der Waals surface area (Å²) in [6.07, 6.45) is 7.52. The SMILES string of the molecule is C=CCc1cccc(Oc2ccc(C(=O)CC)cc2)c1OCC[N+](C)(C)CC(=O)NCCCCCC. The molecule has 6 nitrogen and oxygen atoms in total. The number of hydrogen-bond donors (Lipinski definition) is 1. The van der Waals surface area contributed by atoms with Crippen LogP contribution in [0.1, 0.15) is 61.9 Å². The summed E-state index contributed by atoms with van der Waals surface area (Å²) in [6, 6.07) is 13.0. The molecule has 0 atom stereocenters. The van der Waals surface area contributed by atoms with Gasteiger partial charge in [0.15, 0.2) is 23.8 Å². The lowest BCUT2D eigenvalue weighted by Crippen LogP contribution is -2.49. The first-order valence-electron chi connectivity index (χ1n) is 13.0. The first-order chi connectivity index (χ1) is 17.3. The summed E-state index contributed by atoms with van der Waals surface area (Å²) >= 11 is 0. The summed E-state index contributed by atoms with van der Waals surface area (Å²) in [5, 5.41) is 3.04. The van der Waals surface area contributed by atoms with Crippen LogP contribution in [0.2, 0.25) is 0 Å². The molecule has 0 aliphatic carbocycles. The van der Waals surface area contributed by atoms with Crippen molar-refractivity contribution in [3.05, 3.63) is 66.2 Å². The molecule has 0 saturated carbocycles. The van der Waals surface area contributed by atoms with E-state index in [0.717, 1.165) is 24.9 Å². The zero-order chi connectivity index (χ0) is 26.4. The first kappa shape index (κ1) is 29.1. The fourth-order valence-electron chi connectivity index (χ4n) is 3.86. The third kappa shape index (κ3) is 9.86. The zero-order valence-corrected chi connectivity index (χ0v) is 22.5. The number of carbonyl (C=O) groups excluding carboxylic acids is 2. The summed E-state index contributed by atoms with van der Waals surface area (Å²) in [4.78, 5) is 24.3. The van der Waals surface area contributed by atoms with E-state index in [1.165, 1.54) is 12.8 Å². The number of nitrogens with zero attached hydrogens (tertiary/aromatic N) is 1.